The van der Waals surface area contributed by atoms with Gasteiger partial charge in [-0.1, -0.05) is 12.1 Å². The van der Waals surface area contributed by atoms with Crippen molar-refractivity contribution in [1.29, 1.82) is 0 Å². The van der Waals surface area contributed by atoms with Crippen LogP contribution < -0.4 is 5.56 Å². The van der Waals surface area contributed by atoms with Crippen molar-refractivity contribution >= 4 is 16.8 Å². The van der Waals surface area contributed by atoms with E-state index in [0.29, 0.717) is 23.4 Å². The Hall–Kier alpha value is -2.21. The van der Waals surface area contributed by atoms with E-state index in [0.717, 1.165) is 18.4 Å². The molecule has 1 heterocycles. The molecule has 0 spiro atoms. The lowest BCUT2D eigenvalue weighted by Crippen LogP contribution is -2.39. The van der Waals surface area contributed by atoms with Crippen LogP contribution in [-0.2, 0) is 11.3 Å². The minimum atomic E-state index is -0.474. The Labute approximate surface area is 134 Å². The van der Waals surface area contributed by atoms with E-state index in [2.05, 4.69) is 4.98 Å². The largest absolute Gasteiger partial charge is 0.391 e. The molecule has 1 saturated carbocycles. The van der Waals surface area contributed by atoms with Crippen LogP contribution in [0.1, 0.15) is 18.4 Å². The van der Waals surface area contributed by atoms with E-state index in [4.69, 9.17) is 0 Å². The zero-order valence-corrected chi connectivity index (χ0v) is 13.4. The number of hydrogen-bond acceptors (Lipinski definition) is 4. The molecule has 1 N–H and O–H groups in total. The first-order valence-electron chi connectivity index (χ1n) is 7.84. The lowest BCUT2D eigenvalue weighted by Gasteiger charge is -2.21. The quantitative estimate of drug-likeness (QED) is 0.891. The molecule has 0 saturated heterocycles. The van der Waals surface area contributed by atoms with E-state index in [1.54, 1.807) is 13.1 Å². The first-order chi connectivity index (χ1) is 11.0. The van der Waals surface area contributed by atoms with Crippen LogP contribution in [0, 0.1) is 12.8 Å². The molecule has 1 atom stereocenters. The van der Waals surface area contributed by atoms with Crippen LogP contribution in [-0.4, -0.2) is 45.2 Å². The highest BCUT2D eigenvalue weighted by Crippen LogP contribution is 2.32. The van der Waals surface area contributed by atoms with Crippen LogP contribution >= 0.6 is 0 Å². The third kappa shape index (κ3) is 3.27. The number of hydrogen-bond donors (Lipinski definition) is 1. The molecule has 1 unspecified atom stereocenters. The van der Waals surface area contributed by atoms with Crippen molar-refractivity contribution in [2.24, 2.45) is 5.92 Å². The number of rotatable bonds is 5. The third-order valence-corrected chi connectivity index (χ3v) is 4.41. The number of benzene rings is 1. The monoisotopic (exact) mass is 315 g/mol. The van der Waals surface area contributed by atoms with Crippen molar-refractivity contribution in [3.63, 3.8) is 0 Å². The molecule has 0 aliphatic heterocycles. The maximum atomic E-state index is 12.5. The summed E-state index contributed by atoms with van der Waals surface area (Å²) >= 11 is 0. The molecule has 2 aromatic rings. The molecule has 1 aliphatic carbocycles. The van der Waals surface area contributed by atoms with Crippen molar-refractivity contribution in [2.75, 3.05) is 13.6 Å². The van der Waals surface area contributed by atoms with E-state index >= 15 is 0 Å². The predicted molar refractivity (Wildman–Crippen MR) is 87.1 cm³/mol. The lowest BCUT2D eigenvalue weighted by atomic mass is 10.1. The van der Waals surface area contributed by atoms with E-state index in [9.17, 15) is 14.7 Å². The molecular weight excluding hydrogens is 294 g/mol. The van der Waals surface area contributed by atoms with Crippen LogP contribution in [0.5, 0.6) is 0 Å². The van der Waals surface area contributed by atoms with Crippen molar-refractivity contribution in [1.82, 2.24) is 14.5 Å². The molecule has 1 amide bonds. The fraction of sp³-hybridized carbons (Fsp3) is 0.471. The zero-order valence-electron chi connectivity index (χ0n) is 13.4. The standard InChI is InChI=1S/C17H21N3O3/c1-11-4-3-5-13-16(11)18-10-20(17(13)23)9-15(22)19(2)8-14(21)12-6-7-12/h3-5,10,12,14,21H,6-9H2,1-2H3. The Morgan fingerprint density at radius 1 is 1.48 bits per heavy atom. The maximum Gasteiger partial charge on any atom is 0.261 e. The highest BCUT2D eigenvalue weighted by molar-refractivity contribution is 5.81. The topological polar surface area (TPSA) is 75.4 Å². The predicted octanol–water partition coefficient (Wildman–Crippen LogP) is 0.934. The summed E-state index contributed by atoms with van der Waals surface area (Å²) in [5.74, 6) is 0.110. The molecule has 6 nitrogen and oxygen atoms in total. The Balaban J connectivity index is 1.77. The number of aryl methyl sites for hydroxylation is 1. The Bertz CT molecular complexity index is 795. The van der Waals surface area contributed by atoms with Crippen molar-refractivity contribution in [3.05, 3.63) is 40.4 Å². The number of para-hydroxylation sites is 1. The molecule has 122 valence electrons. The van der Waals surface area contributed by atoms with Crippen molar-refractivity contribution < 1.29 is 9.90 Å². The average molecular weight is 315 g/mol. The minimum Gasteiger partial charge on any atom is -0.391 e. The summed E-state index contributed by atoms with van der Waals surface area (Å²) < 4.78 is 1.32. The molecule has 0 radical (unpaired) electrons. The van der Waals surface area contributed by atoms with Crippen LogP contribution in [0.15, 0.2) is 29.3 Å². The summed E-state index contributed by atoms with van der Waals surface area (Å²) in [7, 11) is 1.65. The van der Waals surface area contributed by atoms with Gasteiger partial charge in [-0.15, -0.1) is 0 Å². The number of amides is 1. The minimum absolute atomic E-state index is 0.0659. The average Bonchev–Trinajstić information content (AvgIpc) is 3.35. The van der Waals surface area contributed by atoms with Gasteiger partial charge >= 0.3 is 0 Å². The van der Waals surface area contributed by atoms with Gasteiger partial charge in [0.1, 0.15) is 6.54 Å². The van der Waals surface area contributed by atoms with E-state index in [1.165, 1.54) is 15.8 Å². The first kappa shape index (κ1) is 15.7. The number of aliphatic hydroxyl groups excluding tert-OH is 1. The van der Waals surface area contributed by atoms with Gasteiger partial charge in [0.15, 0.2) is 0 Å². The molecule has 0 bridgehead atoms. The van der Waals surface area contributed by atoms with Crippen molar-refractivity contribution in [2.45, 2.75) is 32.4 Å². The Kier molecular flexibility index (Phi) is 4.17. The Morgan fingerprint density at radius 3 is 2.91 bits per heavy atom. The smallest absolute Gasteiger partial charge is 0.261 e. The van der Waals surface area contributed by atoms with Gasteiger partial charge in [-0.05, 0) is 37.3 Å². The third-order valence-electron chi connectivity index (χ3n) is 4.41. The van der Waals surface area contributed by atoms with Gasteiger partial charge in [0.05, 0.1) is 23.3 Å². The zero-order chi connectivity index (χ0) is 16.6. The number of aliphatic hydroxyl groups is 1. The van der Waals surface area contributed by atoms with Gasteiger partial charge in [0.25, 0.3) is 5.56 Å². The molecule has 1 aromatic heterocycles. The fourth-order valence-corrected chi connectivity index (χ4v) is 2.73. The lowest BCUT2D eigenvalue weighted by molar-refractivity contribution is -0.132. The van der Waals surface area contributed by atoms with Gasteiger partial charge < -0.3 is 10.0 Å². The van der Waals surface area contributed by atoms with Crippen molar-refractivity contribution in [3.8, 4) is 0 Å². The number of likely N-dealkylation sites (N-methyl/N-ethyl adjacent to an activating group) is 1. The highest BCUT2D eigenvalue weighted by Gasteiger charge is 2.31. The molecule has 1 aliphatic rings. The summed E-state index contributed by atoms with van der Waals surface area (Å²) in [5.41, 5.74) is 1.38. The van der Waals surface area contributed by atoms with Crippen LogP contribution in [0.25, 0.3) is 10.9 Å². The number of aromatic nitrogens is 2. The summed E-state index contributed by atoms with van der Waals surface area (Å²) in [6, 6.07) is 5.43. The van der Waals surface area contributed by atoms with Crippen LogP contribution in [0.2, 0.25) is 0 Å². The molecule has 1 aromatic carbocycles. The van der Waals surface area contributed by atoms with Crippen LogP contribution in [0.4, 0.5) is 0 Å². The SMILES string of the molecule is Cc1cccc2c(=O)n(CC(=O)N(C)CC(O)C3CC3)cnc12. The van der Waals surface area contributed by atoms with Gasteiger partial charge in [0, 0.05) is 13.6 Å². The van der Waals surface area contributed by atoms with Crippen LogP contribution in [0.3, 0.4) is 0 Å². The molecular formula is C17H21N3O3. The Morgan fingerprint density at radius 2 is 2.22 bits per heavy atom. The summed E-state index contributed by atoms with van der Waals surface area (Å²) in [6.45, 7) is 2.14. The number of carbonyl (C=O) groups excluding carboxylic acids is 1. The second-order valence-electron chi connectivity index (χ2n) is 6.33. The second-order valence-corrected chi connectivity index (χ2v) is 6.33. The molecule has 1 fully saturated rings. The van der Waals surface area contributed by atoms with Gasteiger partial charge in [-0.2, -0.15) is 0 Å². The number of carbonyl (C=O) groups is 1. The highest BCUT2D eigenvalue weighted by atomic mass is 16.3. The van der Waals surface area contributed by atoms with Gasteiger partial charge in [-0.25, -0.2) is 4.98 Å². The van der Waals surface area contributed by atoms with E-state index in [-0.39, 0.29) is 18.0 Å². The van der Waals surface area contributed by atoms with E-state index in [1.807, 2.05) is 19.1 Å². The maximum absolute atomic E-state index is 12.5. The number of nitrogens with zero attached hydrogens (tertiary/aromatic N) is 3. The molecule has 3 rings (SSSR count). The summed E-state index contributed by atoms with van der Waals surface area (Å²) in [6.07, 6.45) is 2.99. The molecule has 6 heteroatoms. The number of fused-ring (bicyclic) bond motifs is 1. The summed E-state index contributed by atoms with van der Waals surface area (Å²) in [4.78, 5) is 30.5. The van der Waals surface area contributed by atoms with Gasteiger partial charge in [-0.3, -0.25) is 14.2 Å². The second kappa shape index (κ2) is 6.12. The molecule has 23 heavy (non-hydrogen) atoms. The fourth-order valence-electron chi connectivity index (χ4n) is 2.73. The summed E-state index contributed by atoms with van der Waals surface area (Å²) in [5, 5.41) is 10.4. The van der Waals surface area contributed by atoms with E-state index < -0.39 is 6.10 Å². The van der Waals surface area contributed by atoms with Gasteiger partial charge in [0.2, 0.25) is 5.91 Å². The first-order valence-corrected chi connectivity index (χ1v) is 7.84. The normalized spacial score (nSPS) is 15.6.